The summed E-state index contributed by atoms with van der Waals surface area (Å²) in [7, 11) is 1.40. The molecule has 2 heterocycles. The van der Waals surface area contributed by atoms with Crippen molar-refractivity contribution < 1.29 is 24.5 Å². The number of amides is 2. The van der Waals surface area contributed by atoms with Crippen LogP contribution in [-0.2, 0) is 0 Å². The summed E-state index contributed by atoms with van der Waals surface area (Å²) in [5.41, 5.74) is 1.15. The van der Waals surface area contributed by atoms with Gasteiger partial charge in [-0.15, -0.1) is 0 Å². The number of aromatic nitrogens is 3. The van der Waals surface area contributed by atoms with Crippen LogP contribution in [0.2, 0.25) is 0 Å². The second-order valence-corrected chi connectivity index (χ2v) is 5.92. The van der Waals surface area contributed by atoms with Crippen molar-refractivity contribution >= 4 is 28.9 Å². The number of aliphatic hydroxyl groups excluding tert-OH is 2. The quantitative estimate of drug-likeness (QED) is 0.496. The Bertz CT molecular complexity index is 971. The number of hydrogen-bond acceptors (Lipinski definition) is 7. The molecular weight excluding hydrogens is 366 g/mol. The molecule has 4 N–H and O–H groups in total. The predicted octanol–water partition coefficient (Wildman–Crippen LogP) is 0.994. The second kappa shape index (κ2) is 8.46. The summed E-state index contributed by atoms with van der Waals surface area (Å²) >= 11 is 0. The van der Waals surface area contributed by atoms with E-state index in [1.165, 1.54) is 19.6 Å². The third kappa shape index (κ3) is 3.92. The van der Waals surface area contributed by atoms with Crippen LogP contribution in [0.25, 0.3) is 11.0 Å². The summed E-state index contributed by atoms with van der Waals surface area (Å²) in [5.74, 6) is 0.0133. The first-order valence-electron chi connectivity index (χ1n) is 8.40. The first-order valence-corrected chi connectivity index (χ1v) is 8.40. The van der Waals surface area contributed by atoms with Crippen molar-refractivity contribution in [3.63, 3.8) is 0 Å². The molecule has 28 heavy (non-hydrogen) atoms. The molecule has 3 rings (SSSR count). The van der Waals surface area contributed by atoms with Gasteiger partial charge in [-0.1, -0.05) is 18.2 Å². The minimum atomic E-state index is -0.784. The van der Waals surface area contributed by atoms with Gasteiger partial charge < -0.3 is 30.2 Å². The van der Waals surface area contributed by atoms with E-state index in [1.807, 2.05) is 0 Å². The highest BCUT2D eigenvalue weighted by Crippen LogP contribution is 2.27. The summed E-state index contributed by atoms with van der Waals surface area (Å²) in [4.78, 5) is 36.7. The predicted molar refractivity (Wildman–Crippen MR) is 100 cm³/mol. The molecule has 0 aliphatic carbocycles. The molecule has 2 aromatic heterocycles. The molecule has 0 atom stereocenters. The SMILES string of the molecule is CN(C(=O)Oc1c[nH]c2c(NC(=O)c3ccccc3)ncnc12)C(CO)CO. The third-order valence-corrected chi connectivity index (χ3v) is 4.15. The Morgan fingerprint density at radius 2 is 1.93 bits per heavy atom. The molecular formula is C18H19N5O5. The van der Waals surface area contributed by atoms with Crippen LogP contribution in [-0.4, -0.2) is 68.4 Å². The Morgan fingerprint density at radius 3 is 2.61 bits per heavy atom. The number of hydrogen-bond donors (Lipinski definition) is 4. The van der Waals surface area contributed by atoms with Gasteiger partial charge in [-0.2, -0.15) is 0 Å². The zero-order valence-electron chi connectivity index (χ0n) is 15.0. The van der Waals surface area contributed by atoms with Crippen LogP contribution in [0.4, 0.5) is 10.6 Å². The molecule has 10 heteroatoms. The van der Waals surface area contributed by atoms with Crippen LogP contribution in [0.15, 0.2) is 42.9 Å². The van der Waals surface area contributed by atoms with Crippen LogP contribution in [0.3, 0.4) is 0 Å². The van der Waals surface area contributed by atoms with Crippen LogP contribution in [0.1, 0.15) is 10.4 Å². The van der Waals surface area contributed by atoms with Crippen LogP contribution >= 0.6 is 0 Å². The van der Waals surface area contributed by atoms with Crippen molar-refractivity contribution in [1.29, 1.82) is 0 Å². The van der Waals surface area contributed by atoms with E-state index in [1.54, 1.807) is 30.3 Å². The van der Waals surface area contributed by atoms with Crippen LogP contribution in [0, 0.1) is 0 Å². The Labute approximate surface area is 159 Å². The Balaban J connectivity index is 1.81. The average Bonchev–Trinajstić information content (AvgIpc) is 3.13. The maximum Gasteiger partial charge on any atom is 0.415 e. The van der Waals surface area contributed by atoms with E-state index in [9.17, 15) is 19.8 Å². The van der Waals surface area contributed by atoms with E-state index in [2.05, 4.69) is 20.3 Å². The minimum absolute atomic E-state index is 0.124. The maximum absolute atomic E-state index is 12.3. The number of anilines is 1. The number of nitrogens with zero attached hydrogens (tertiary/aromatic N) is 3. The van der Waals surface area contributed by atoms with E-state index in [4.69, 9.17) is 4.74 Å². The average molecular weight is 385 g/mol. The fraction of sp³-hybridized carbons (Fsp3) is 0.222. The van der Waals surface area contributed by atoms with Gasteiger partial charge in [0, 0.05) is 18.8 Å². The number of benzene rings is 1. The van der Waals surface area contributed by atoms with Crippen molar-refractivity contribution in [3.8, 4) is 5.75 Å². The van der Waals surface area contributed by atoms with Gasteiger partial charge in [0.15, 0.2) is 11.6 Å². The lowest BCUT2D eigenvalue weighted by Crippen LogP contribution is -2.43. The third-order valence-electron chi connectivity index (χ3n) is 4.15. The van der Waals surface area contributed by atoms with Crippen molar-refractivity contribution in [2.45, 2.75) is 6.04 Å². The van der Waals surface area contributed by atoms with E-state index in [0.29, 0.717) is 16.6 Å². The molecule has 1 aromatic carbocycles. The molecule has 0 saturated heterocycles. The van der Waals surface area contributed by atoms with Crippen LogP contribution < -0.4 is 10.1 Å². The Kier molecular flexibility index (Phi) is 5.82. The van der Waals surface area contributed by atoms with Gasteiger partial charge in [-0.25, -0.2) is 14.8 Å². The lowest BCUT2D eigenvalue weighted by Gasteiger charge is -2.23. The number of H-pyrrole nitrogens is 1. The number of aromatic amines is 1. The van der Waals surface area contributed by atoms with Gasteiger partial charge in [-0.3, -0.25) is 4.79 Å². The normalized spacial score (nSPS) is 10.9. The van der Waals surface area contributed by atoms with Crippen molar-refractivity contribution in [2.75, 3.05) is 25.6 Å². The Morgan fingerprint density at radius 1 is 1.21 bits per heavy atom. The van der Waals surface area contributed by atoms with Gasteiger partial charge >= 0.3 is 6.09 Å². The highest BCUT2D eigenvalue weighted by molar-refractivity contribution is 6.07. The van der Waals surface area contributed by atoms with Gasteiger partial charge in [-0.05, 0) is 12.1 Å². The first-order chi connectivity index (χ1) is 13.5. The number of carbonyl (C=O) groups excluding carboxylic acids is 2. The van der Waals surface area contributed by atoms with E-state index in [-0.39, 0.29) is 17.5 Å². The molecule has 0 aliphatic heterocycles. The number of carbonyl (C=O) groups is 2. The summed E-state index contributed by atoms with van der Waals surface area (Å²) in [6.07, 6.45) is 1.88. The van der Waals surface area contributed by atoms with Crippen molar-refractivity contribution in [2.24, 2.45) is 0 Å². The molecule has 0 saturated carbocycles. The Hall–Kier alpha value is -3.50. The number of rotatable bonds is 6. The largest absolute Gasteiger partial charge is 0.415 e. The highest BCUT2D eigenvalue weighted by Gasteiger charge is 2.22. The monoisotopic (exact) mass is 385 g/mol. The lowest BCUT2D eigenvalue weighted by atomic mass is 10.2. The van der Waals surface area contributed by atoms with E-state index in [0.717, 1.165) is 4.90 Å². The molecule has 0 radical (unpaired) electrons. The zero-order valence-corrected chi connectivity index (χ0v) is 15.0. The van der Waals surface area contributed by atoms with E-state index < -0.39 is 25.3 Å². The van der Waals surface area contributed by atoms with Crippen LogP contribution in [0.5, 0.6) is 5.75 Å². The zero-order chi connectivity index (χ0) is 20.1. The molecule has 0 unspecified atom stereocenters. The second-order valence-electron chi connectivity index (χ2n) is 5.92. The minimum Gasteiger partial charge on any atom is -0.406 e. The molecule has 10 nitrogen and oxygen atoms in total. The summed E-state index contributed by atoms with van der Waals surface area (Å²) in [5, 5.41) is 21.1. The standard InChI is InChI=1S/C18H19N5O5/c1-23(12(8-24)9-25)18(27)28-13-7-19-15-14(13)20-10-21-16(15)22-17(26)11-5-3-2-4-6-11/h2-7,10,12,19,24-25H,8-9H2,1H3,(H,20,21,22,26). The van der Waals surface area contributed by atoms with Gasteiger partial charge in [0.1, 0.15) is 17.4 Å². The number of aliphatic hydroxyl groups is 2. The molecule has 2 amide bonds. The lowest BCUT2D eigenvalue weighted by molar-refractivity contribution is 0.0851. The number of fused-ring (bicyclic) bond motifs is 1. The highest BCUT2D eigenvalue weighted by atomic mass is 16.6. The molecule has 0 spiro atoms. The number of ether oxygens (including phenoxy) is 1. The molecule has 0 bridgehead atoms. The summed E-state index contributed by atoms with van der Waals surface area (Å²) in [6.45, 7) is -0.818. The van der Waals surface area contributed by atoms with Crippen molar-refractivity contribution in [1.82, 2.24) is 19.9 Å². The molecule has 146 valence electrons. The first kappa shape index (κ1) is 19.3. The molecule has 0 aliphatic rings. The van der Waals surface area contributed by atoms with Gasteiger partial charge in [0.05, 0.1) is 19.3 Å². The topological polar surface area (TPSA) is 141 Å². The van der Waals surface area contributed by atoms with Crippen molar-refractivity contribution in [3.05, 3.63) is 48.4 Å². The fourth-order valence-corrected chi connectivity index (χ4v) is 2.47. The molecule has 0 fully saturated rings. The number of nitrogens with one attached hydrogen (secondary N) is 2. The summed E-state index contributed by atoms with van der Waals surface area (Å²) in [6, 6.07) is 7.86. The maximum atomic E-state index is 12.3. The van der Waals surface area contributed by atoms with Gasteiger partial charge in [0.2, 0.25) is 0 Å². The van der Waals surface area contributed by atoms with E-state index >= 15 is 0 Å². The smallest absolute Gasteiger partial charge is 0.406 e. The number of likely N-dealkylation sites (N-methyl/N-ethyl adjacent to an activating group) is 1. The van der Waals surface area contributed by atoms with Gasteiger partial charge in [0.25, 0.3) is 5.91 Å². The molecule has 3 aromatic rings. The summed E-state index contributed by atoms with van der Waals surface area (Å²) < 4.78 is 5.29. The fourth-order valence-electron chi connectivity index (χ4n) is 2.47.